The number of pyridine rings is 1. The van der Waals surface area contributed by atoms with Gasteiger partial charge in [-0.25, -0.2) is 22.8 Å². The van der Waals surface area contributed by atoms with E-state index >= 15 is 0 Å². The number of likely N-dealkylation sites (tertiary alicyclic amines) is 1. The number of piperidine rings is 1. The lowest BCUT2D eigenvalue weighted by Crippen LogP contribution is -2.49. The van der Waals surface area contributed by atoms with Crippen molar-refractivity contribution >= 4 is 27.0 Å². The van der Waals surface area contributed by atoms with Gasteiger partial charge in [-0.3, -0.25) is 4.79 Å². The van der Waals surface area contributed by atoms with Crippen LogP contribution in [0.2, 0.25) is 0 Å². The van der Waals surface area contributed by atoms with E-state index in [-0.39, 0.29) is 24.5 Å². The normalized spacial score (nSPS) is 18.6. The molecule has 0 aliphatic carbocycles. The Morgan fingerprint density at radius 2 is 2.12 bits per heavy atom. The average molecular weight is 379 g/mol. The summed E-state index contributed by atoms with van der Waals surface area (Å²) in [6.07, 6.45) is 7.13. The maximum absolute atomic E-state index is 13.0. The molecule has 1 fully saturated rings. The van der Waals surface area contributed by atoms with E-state index in [1.807, 2.05) is 24.6 Å². The molecule has 1 aliphatic rings. The zero-order valence-electron chi connectivity index (χ0n) is 15.3. The van der Waals surface area contributed by atoms with Crippen LogP contribution in [0, 0.1) is 0 Å². The van der Waals surface area contributed by atoms with Crippen LogP contribution in [0.5, 0.6) is 0 Å². The summed E-state index contributed by atoms with van der Waals surface area (Å²) in [6.45, 7) is 4.92. The molecule has 0 saturated carbocycles. The second-order valence-corrected chi connectivity index (χ2v) is 8.92. The van der Waals surface area contributed by atoms with E-state index in [2.05, 4.69) is 14.8 Å². The second kappa shape index (κ2) is 7.32. The topological polar surface area (TPSA) is 97.2 Å². The molecule has 0 bridgehead atoms. The predicted molar refractivity (Wildman–Crippen MR) is 99.4 cm³/mol. The van der Waals surface area contributed by atoms with E-state index in [4.69, 9.17) is 0 Å². The quantitative estimate of drug-likeness (QED) is 0.850. The third-order valence-corrected chi connectivity index (χ3v) is 5.33. The van der Waals surface area contributed by atoms with Gasteiger partial charge in [-0.05, 0) is 39.2 Å². The van der Waals surface area contributed by atoms with Crippen LogP contribution >= 0.6 is 0 Å². The molecule has 1 aliphatic heterocycles. The minimum absolute atomic E-state index is 0.114. The van der Waals surface area contributed by atoms with Crippen LogP contribution < -0.4 is 4.72 Å². The average Bonchev–Trinajstić information content (AvgIpc) is 3.02. The highest BCUT2D eigenvalue weighted by Gasteiger charge is 2.28. The molecule has 2 aromatic heterocycles. The third kappa shape index (κ3) is 4.04. The first-order valence-corrected chi connectivity index (χ1v) is 10.7. The first kappa shape index (κ1) is 18.8. The Kier molecular flexibility index (Phi) is 5.29. The lowest BCUT2D eigenvalue weighted by atomic mass is 10.0. The molecule has 0 radical (unpaired) electrons. The van der Waals surface area contributed by atoms with Crippen LogP contribution in [0.15, 0.2) is 18.5 Å². The molecule has 1 amide bonds. The third-order valence-electron chi connectivity index (χ3n) is 4.64. The van der Waals surface area contributed by atoms with Gasteiger partial charge in [-0.2, -0.15) is 5.10 Å². The van der Waals surface area contributed by atoms with Crippen molar-refractivity contribution in [2.24, 2.45) is 0 Å². The van der Waals surface area contributed by atoms with Crippen LogP contribution in [0.1, 0.15) is 49.5 Å². The summed E-state index contributed by atoms with van der Waals surface area (Å²) < 4.78 is 27.1. The number of rotatable bonds is 5. The number of carbonyl (C=O) groups excluding carboxylic acids is 1. The number of amides is 1. The number of fused-ring (bicyclic) bond motifs is 1. The Morgan fingerprint density at radius 3 is 2.81 bits per heavy atom. The van der Waals surface area contributed by atoms with Crippen LogP contribution in [-0.2, 0) is 10.0 Å². The smallest absolute Gasteiger partial charge is 0.255 e. The second-order valence-electron chi connectivity index (χ2n) is 7.09. The van der Waals surface area contributed by atoms with Gasteiger partial charge in [0.25, 0.3) is 5.91 Å². The van der Waals surface area contributed by atoms with E-state index in [0.29, 0.717) is 12.1 Å². The van der Waals surface area contributed by atoms with Crippen molar-refractivity contribution in [3.63, 3.8) is 0 Å². The molecular weight excluding hydrogens is 354 g/mol. The van der Waals surface area contributed by atoms with Gasteiger partial charge in [0, 0.05) is 36.8 Å². The number of hydrogen-bond acceptors (Lipinski definition) is 5. The number of carbonyl (C=O) groups is 1. The van der Waals surface area contributed by atoms with Gasteiger partial charge in [0.05, 0.1) is 18.0 Å². The van der Waals surface area contributed by atoms with E-state index in [9.17, 15) is 13.2 Å². The van der Waals surface area contributed by atoms with E-state index < -0.39 is 10.0 Å². The summed E-state index contributed by atoms with van der Waals surface area (Å²) in [6, 6.07) is 1.86. The zero-order valence-corrected chi connectivity index (χ0v) is 16.2. The Bertz CT molecular complexity index is 906. The maximum Gasteiger partial charge on any atom is 0.255 e. The minimum Gasteiger partial charge on any atom is -0.334 e. The Balaban J connectivity index is 1.83. The maximum atomic E-state index is 13.0. The van der Waals surface area contributed by atoms with Crippen molar-refractivity contribution in [2.75, 3.05) is 19.3 Å². The molecule has 8 nitrogen and oxygen atoms in total. The first-order chi connectivity index (χ1) is 12.3. The molecule has 9 heteroatoms. The minimum atomic E-state index is -3.28. The molecule has 26 heavy (non-hydrogen) atoms. The molecule has 2 aromatic rings. The fourth-order valence-corrected chi connectivity index (χ4v) is 3.82. The fraction of sp³-hybridized carbons (Fsp3) is 0.588. The number of nitrogens with zero attached hydrogens (tertiary/aromatic N) is 4. The summed E-state index contributed by atoms with van der Waals surface area (Å²) in [4.78, 5) is 19.2. The monoisotopic (exact) mass is 379 g/mol. The fourth-order valence-electron chi connectivity index (χ4n) is 3.33. The molecule has 0 aromatic carbocycles. The molecule has 1 N–H and O–H groups in total. The lowest BCUT2D eigenvalue weighted by Gasteiger charge is -2.35. The van der Waals surface area contributed by atoms with Crippen molar-refractivity contribution in [1.82, 2.24) is 24.4 Å². The van der Waals surface area contributed by atoms with E-state index in [1.165, 1.54) is 0 Å². The van der Waals surface area contributed by atoms with Crippen molar-refractivity contribution in [2.45, 2.75) is 45.2 Å². The summed E-state index contributed by atoms with van der Waals surface area (Å²) in [7, 11) is -3.28. The number of aromatic nitrogens is 3. The van der Waals surface area contributed by atoms with Gasteiger partial charge in [-0.1, -0.05) is 0 Å². The van der Waals surface area contributed by atoms with Crippen LogP contribution in [0.25, 0.3) is 11.0 Å². The molecule has 1 atom stereocenters. The molecule has 0 spiro atoms. The van der Waals surface area contributed by atoms with Gasteiger partial charge in [-0.15, -0.1) is 0 Å². The summed E-state index contributed by atoms with van der Waals surface area (Å²) in [5.41, 5.74) is 1.26. The number of hydrogen-bond donors (Lipinski definition) is 1. The highest BCUT2D eigenvalue weighted by Crippen LogP contribution is 2.22. The van der Waals surface area contributed by atoms with Crippen molar-refractivity contribution < 1.29 is 13.2 Å². The Labute approximate surface area is 153 Å². The highest BCUT2D eigenvalue weighted by molar-refractivity contribution is 7.88. The molecule has 1 saturated heterocycles. The van der Waals surface area contributed by atoms with Crippen molar-refractivity contribution in [1.29, 1.82) is 0 Å². The summed E-state index contributed by atoms with van der Waals surface area (Å²) in [5.74, 6) is -0.114. The summed E-state index contributed by atoms with van der Waals surface area (Å²) >= 11 is 0. The molecular formula is C17H25N5O3S. The van der Waals surface area contributed by atoms with Crippen LogP contribution in [0.4, 0.5) is 0 Å². The lowest BCUT2D eigenvalue weighted by molar-refractivity contribution is 0.0618. The van der Waals surface area contributed by atoms with Gasteiger partial charge in [0.2, 0.25) is 10.0 Å². The van der Waals surface area contributed by atoms with Crippen LogP contribution in [0.3, 0.4) is 0 Å². The number of nitrogens with one attached hydrogen (secondary N) is 1. The number of sulfonamides is 1. The molecule has 0 unspecified atom stereocenters. The first-order valence-electron chi connectivity index (χ1n) is 8.85. The molecule has 142 valence electrons. The molecule has 3 rings (SSSR count). The summed E-state index contributed by atoms with van der Waals surface area (Å²) in [5, 5.41) is 5.16. The van der Waals surface area contributed by atoms with Gasteiger partial charge in [0.15, 0.2) is 5.65 Å². The zero-order chi connectivity index (χ0) is 18.9. The molecule has 3 heterocycles. The standard InChI is InChI=1S/C17H25N5O3S/c1-12(2)22-16-13(10-19-22)8-14(9-18-16)17(23)21-7-5-4-6-15(21)11-20-26(3,24)25/h8-10,12,15,20H,4-7,11H2,1-3H3/t15-/m0/s1. The highest BCUT2D eigenvalue weighted by atomic mass is 32.2. The van der Waals surface area contributed by atoms with Crippen molar-refractivity contribution in [3.8, 4) is 0 Å². The Morgan fingerprint density at radius 1 is 1.35 bits per heavy atom. The van der Waals surface area contributed by atoms with Crippen LogP contribution in [-0.4, -0.2) is 59.4 Å². The van der Waals surface area contributed by atoms with E-state index in [1.54, 1.807) is 17.3 Å². The van der Waals surface area contributed by atoms with Gasteiger partial charge in [0.1, 0.15) is 0 Å². The largest absolute Gasteiger partial charge is 0.334 e. The predicted octanol–water partition coefficient (Wildman–Crippen LogP) is 1.56. The van der Waals surface area contributed by atoms with Gasteiger partial charge < -0.3 is 4.90 Å². The van der Waals surface area contributed by atoms with E-state index in [0.717, 1.165) is 36.6 Å². The van der Waals surface area contributed by atoms with Crippen molar-refractivity contribution in [3.05, 3.63) is 24.0 Å². The SMILES string of the molecule is CC(C)n1ncc2cc(C(=O)N3CCCC[C@H]3CNS(C)(=O)=O)cnc21. The van der Waals surface area contributed by atoms with Gasteiger partial charge >= 0.3 is 0 Å². The Hall–Kier alpha value is -2.00.